The maximum atomic E-state index is 12.0. The molecule has 0 aliphatic carbocycles. The smallest absolute Gasteiger partial charge is 0.407 e. The maximum absolute atomic E-state index is 12.0. The molecule has 4 atom stereocenters. The van der Waals surface area contributed by atoms with Gasteiger partial charge in [-0.05, 0) is 27.8 Å². The van der Waals surface area contributed by atoms with Crippen LogP contribution in [0.1, 0.15) is 54.4 Å². The van der Waals surface area contributed by atoms with Gasteiger partial charge in [-0.2, -0.15) is 0 Å². The lowest BCUT2D eigenvalue weighted by Gasteiger charge is -2.44. The van der Waals surface area contributed by atoms with E-state index in [9.17, 15) is 9.90 Å². The summed E-state index contributed by atoms with van der Waals surface area (Å²) in [5.74, 6) is -0.313. The molecule has 0 radical (unpaired) electrons. The van der Waals surface area contributed by atoms with Crippen LogP contribution in [-0.2, 0) is 36.8 Å². The Hall–Kier alpha value is -3.57. The normalized spacial score (nSPS) is 24.5. The molecule has 3 aliphatic rings. The topological polar surface area (TPSA) is 98.7 Å². The Kier molecular flexibility index (Phi) is 10.5. The van der Waals surface area contributed by atoms with Crippen LogP contribution in [0.3, 0.4) is 0 Å². The Bertz CT molecular complexity index is 1450. The quantitative estimate of drug-likeness (QED) is 0.269. The highest BCUT2D eigenvalue weighted by molar-refractivity contribution is 5.70. The first-order chi connectivity index (χ1) is 22.5. The molecular weight excluding hydrogens is 584 g/mol. The van der Waals surface area contributed by atoms with Crippen molar-refractivity contribution in [2.75, 3.05) is 39.5 Å². The van der Waals surface area contributed by atoms with Crippen molar-refractivity contribution in [2.45, 2.75) is 57.2 Å². The number of piperidine rings is 1. The second-order valence-corrected chi connectivity index (χ2v) is 12.3. The Balaban J connectivity index is 1.19. The summed E-state index contributed by atoms with van der Waals surface area (Å²) in [5, 5.41) is 12.4. The minimum Gasteiger partial charge on any atom is -0.445 e. The highest BCUT2D eigenvalue weighted by Crippen LogP contribution is 2.43. The molecule has 3 heterocycles. The van der Waals surface area contributed by atoms with E-state index in [0.717, 1.165) is 65.9 Å². The van der Waals surface area contributed by atoms with Gasteiger partial charge >= 0.3 is 6.09 Å². The number of benzene rings is 3. The van der Waals surface area contributed by atoms with E-state index in [2.05, 4.69) is 48.0 Å². The number of nitrogens with zero attached hydrogens (tertiary/aromatic N) is 1. The lowest BCUT2D eigenvalue weighted by atomic mass is 9.89. The van der Waals surface area contributed by atoms with Crippen LogP contribution >= 0.6 is 0 Å². The van der Waals surface area contributed by atoms with Gasteiger partial charge in [0.05, 0.1) is 32.0 Å². The van der Waals surface area contributed by atoms with Crippen molar-refractivity contribution in [3.63, 3.8) is 0 Å². The van der Waals surface area contributed by atoms with Gasteiger partial charge in [-0.3, -0.25) is 0 Å². The fourth-order valence-electron chi connectivity index (χ4n) is 6.57. The van der Waals surface area contributed by atoms with E-state index in [4.69, 9.17) is 23.7 Å². The van der Waals surface area contributed by atoms with E-state index in [1.165, 1.54) is 6.08 Å². The molecule has 244 valence electrons. The molecule has 3 aromatic carbocycles. The van der Waals surface area contributed by atoms with Crippen LogP contribution in [0.4, 0.5) is 4.79 Å². The zero-order valence-corrected chi connectivity index (χ0v) is 26.4. The fraction of sp³-hybridized carbons (Fsp3) is 0.432. The molecule has 3 fully saturated rings. The minimum atomic E-state index is -0.549. The lowest BCUT2D eigenvalue weighted by molar-refractivity contribution is -0.278. The molecule has 0 bridgehead atoms. The van der Waals surface area contributed by atoms with Crippen LogP contribution in [0.15, 0.2) is 85.5 Å². The Morgan fingerprint density at radius 2 is 1.70 bits per heavy atom. The van der Waals surface area contributed by atoms with E-state index in [1.807, 2.05) is 48.5 Å². The van der Waals surface area contributed by atoms with Gasteiger partial charge in [0.15, 0.2) is 12.1 Å². The summed E-state index contributed by atoms with van der Waals surface area (Å²) >= 11 is 0. The highest BCUT2D eigenvalue weighted by atomic mass is 16.7. The fourth-order valence-corrected chi connectivity index (χ4v) is 6.57. The van der Waals surface area contributed by atoms with Gasteiger partial charge in [0.1, 0.15) is 6.61 Å². The molecule has 9 heteroatoms. The summed E-state index contributed by atoms with van der Waals surface area (Å²) in [4.78, 5) is 14.5. The molecule has 0 saturated carbocycles. The Morgan fingerprint density at radius 3 is 2.39 bits per heavy atom. The second kappa shape index (κ2) is 14.9. The van der Waals surface area contributed by atoms with E-state index in [-0.39, 0.29) is 31.3 Å². The van der Waals surface area contributed by atoms with Crippen LogP contribution in [0.5, 0.6) is 0 Å². The molecule has 0 unspecified atom stereocenters. The standard InChI is InChI=1S/C37H44N2O7/c1-3-20-42-36(41)38-23-31-6-4-5-7-32(31)28-12-14-30(15-13-28)35-45-33(24-39-18-16-37(17-19-39)43-21-22-44-37)26(2)34(46-35)29-10-8-27(25-40)9-11-29/h3-15,26,33-35,40H,1,16-25H2,2H3,(H,38,41)/t26-,33+,34+,35+/m0/s1. The molecule has 1 spiro atoms. The number of aliphatic hydroxyl groups excluding tert-OH is 1. The molecule has 9 nitrogen and oxygen atoms in total. The van der Waals surface area contributed by atoms with Crippen molar-refractivity contribution < 1.29 is 33.6 Å². The van der Waals surface area contributed by atoms with Gasteiger partial charge in [-0.1, -0.05) is 92.4 Å². The average Bonchev–Trinajstić information content (AvgIpc) is 3.56. The van der Waals surface area contributed by atoms with Gasteiger partial charge in [-0.25, -0.2) is 4.79 Å². The highest BCUT2D eigenvalue weighted by Gasteiger charge is 2.43. The number of amides is 1. The van der Waals surface area contributed by atoms with Gasteiger partial charge in [0.25, 0.3) is 0 Å². The monoisotopic (exact) mass is 628 g/mol. The average molecular weight is 629 g/mol. The zero-order valence-electron chi connectivity index (χ0n) is 26.4. The lowest BCUT2D eigenvalue weighted by Crippen LogP contribution is -2.50. The van der Waals surface area contributed by atoms with Gasteiger partial charge in [0, 0.05) is 50.5 Å². The molecule has 1 amide bonds. The number of alkyl carbamates (subject to hydrolysis) is 1. The number of hydrogen-bond acceptors (Lipinski definition) is 8. The molecule has 3 aliphatic heterocycles. The third kappa shape index (κ3) is 7.52. The van der Waals surface area contributed by atoms with Crippen LogP contribution in [0.25, 0.3) is 11.1 Å². The first kappa shape index (κ1) is 32.4. The number of rotatable bonds is 10. The summed E-state index contributed by atoms with van der Waals surface area (Å²) in [5.41, 5.74) is 5.90. The van der Waals surface area contributed by atoms with Crippen molar-refractivity contribution in [1.82, 2.24) is 10.2 Å². The van der Waals surface area contributed by atoms with Gasteiger partial charge < -0.3 is 39.0 Å². The first-order valence-corrected chi connectivity index (χ1v) is 16.2. The number of hydrogen-bond donors (Lipinski definition) is 2. The van der Waals surface area contributed by atoms with Crippen molar-refractivity contribution in [3.8, 4) is 11.1 Å². The molecule has 3 aromatic rings. The first-order valence-electron chi connectivity index (χ1n) is 16.2. The summed E-state index contributed by atoms with van der Waals surface area (Å²) in [7, 11) is 0. The molecule has 6 rings (SSSR count). The summed E-state index contributed by atoms with van der Waals surface area (Å²) in [6.07, 6.45) is 1.98. The minimum absolute atomic E-state index is 0.00450. The van der Waals surface area contributed by atoms with Gasteiger partial charge in [-0.15, -0.1) is 0 Å². The predicted molar refractivity (Wildman–Crippen MR) is 174 cm³/mol. The number of ether oxygens (including phenoxy) is 5. The Labute approximate surface area is 271 Å². The van der Waals surface area contributed by atoms with Gasteiger partial charge in [0.2, 0.25) is 0 Å². The SMILES string of the molecule is C=CCOC(=O)NCc1ccccc1-c1ccc([C@@H]2O[C@H](CN3CCC4(CC3)OCCO4)[C@H](C)[C@H](c3ccc(CO)cc3)O2)cc1. The number of carbonyl (C=O) groups is 1. The number of carbonyl (C=O) groups excluding carboxylic acids is 1. The van der Waals surface area contributed by atoms with Crippen molar-refractivity contribution >= 4 is 6.09 Å². The van der Waals surface area contributed by atoms with Crippen molar-refractivity contribution in [2.24, 2.45) is 5.92 Å². The van der Waals surface area contributed by atoms with Crippen LogP contribution in [0.2, 0.25) is 0 Å². The Morgan fingerprint density at radius 1 is 1.00 bits per heavy atom. The largest absolute Gasteiger partial charge is 0.445 e. The second-order valence-electron chi connectivity index (χ2n) is 12.3. The van der Waals surface area contributed by atoms with Crippen LogP contribution in [0, 0.1) is 5.92 Å². The molecule has 0 aromatic heterocycles. The predicted octanol–water partition coefficient (Wildman–Crippen LogP) is 5.89. The molecule has 46 heavy (non-hydrogen) atoms. The van der Waals surface area contributed by atoms with Crippen LogP contribution < -0.4 is 5.32 Å². The maximum Gasteiger partial charge on any atom is 0.407 e. The summed E-state index contributed by atoms with van der Waals surface area (Å²) in [6, 6.07) is 24.2. The van der Waals surface area contributed by atoms with Crippen molar-refractivity contribution in [3.05, 3.63) is 108 Å². The number of nitrogens with one attached hydrogen (secondary N) is 1. The number of likely N-dealkylation sites (tertiary alicyclic amines) is 1. The van der Waals surface area contributed by atoms with E-state index in [0.29, 0.717) is 19.8 Å². The van der Waals surface area contributed by atoms with E-state index < -0.39 is 18.2 Å². The third-order valence-corrected chi connectivity index (χ3v) is 9.26. The third-order valence-electron chi connectivity index (χ3n) is 9.26. The summed E-state index contributed by atoms with van der Waals surface area (Å²) < 4.78 is 30.4. The van der Waals surface area contributed by atoms with E-state index >= 15 is 0 Å². The zero-order chi connectivity index (χ0) is 31.9. The molecule has 2 N–H and O–H groups in total. The summed E-state index contributed by atoms with van der Waals surface area (Å²) in [6.45, 7) is 10.2. The van der Waals surface area contributed by atoms with Crippen LogP contribution in [-0.4, -0.2) is 67.4 Å². The van der Waals surface area contributed by atoms with E-state index in [1.54, 1.807) is 0 Å². The number of aliphatic hydroxyl groups is 1. The van der Waals surface area contributed by atoms with Crippen molar-refractivity contribution in [1.29, 1.82) is 0 Å². The molecule has 3 saturated heterocycles. The molecular formula is C37H44N2O7.